The van der Waals surface area contributed by atoms with E-state index in [2.05, 4.69) is 35.8 Å². The molecule has 3 heteroatoms. The van der Waals surface area contributed by atoms with E-state index in [-0.39, 0.29) is 0 Å². The molecule has 0 spiro atoms. The van der Waals surface area contributed by atoms with Crippen molar-refractivity contribution in [2.45, 2.75) is 26.2 Å². The summed E-state index contributed by atoms with van der Waals surface area (Å²) in [6.07, 6.45) is 1.13. The molecule has 0 fully saturated rings. The third kappa shape index (κ3) is 3.39. The van der Waals surface area contributed by atoms with Gasteiger partial charge in [0.2, 0.25) is 0 Å². The van der Waals surface area contributed by atoms with E-state index < -0.39 is 0 Å². The topological polar surface area (TPSA) is 9.23 Å². The largest absolute Gasteiger partial charge is 0.495 e. The second-order valence-electron chi connectivity index (χ2n) is 4.22. The Bertz CT molecular complexity index is 339. The second kappa shape index (κ2) is 6.51. The van der Waals surface area contributed by atoms with Crippen LogP contribution < -0.4 is 4.74 Å². The summed E-state index contributed by atoms with van der Waals surface area (Å²) in [5.41, 5.74) is 1.29. The van der Waals surface area contributed by atoms with Gasteiger partial charge in [0.05, 0.1) is 12.1 Å². The molecule has 1 aromatic rings. The summed E-state index contributed by atoms with van der Waals surface area (Å²) in [4.78, 5) is 0. The van der Waals surface area contributed by atoms with Crippen LogP contribution in [0.25, 0.3) is 0 Å². The van der Waals surface area contributed by atoms with Gasteiger partial charge in [-0.05, 0) is 36.0 Å². The van der Waals surface area contributed by atoms with Crippen molar-refractivity contribution in [1.29, 1.82) is 0 Å². The van der Waals surface area contributed by atoms with Gasteiger partial charge in [-0.25, -0.2) is 0 Å². The maximum Gasteiger partial charge on any atom is 0.137 e. The smallest absolute Gasteiger partial charge is 0.137 e. The average Bonchev–Trinajstić information content (AvgIpc) is 2.25. The highest BCUT2D eigenvalue weighted by molar-refractivity contribution is 9.09. The first-order valence-electron chi connectivity index (χ1n) is 5.49. The zero-order valence-electron chi connectivity index (χ0n) is 9.97. The highest BCUT2D eigenvalue weighted by atomic mass is 79.9. The van der Waals surface area contributed by atoms with E-state index >= 15 is 0 Å². The molecular formula is C13H18BrClO. The number of alkyl halides is 1. The monoisotopic (exact) mass is 304 g/mol. The van der Waals surface area contributed by atoms with Gasteiger partial charge in [0, 0.05) is 5.33 Å². The molecule has 0 radical (unpaired) electrons. The molecule has 0 bridgehead atoms. The zero-order chi connectivity index (χ0) is 12.1. The summed E-state index contributed by atoms with van der Waals surface area (Å²) < 4.78 is 5.16. The van der Waals surface area contributed by atoms with Gasteiger partial charge in [-0.3, -0.25) is 0 Å². The van der Waals surface area contributed by atoms with Crippen molar-refractivity contribution < 1.29 is 4.74 Å². The molecule has 90 valence electrons. The first kappa shape index (κ1) is 13.9. The highest BCUT2D eigenvalue weighted by Gasteiger charge is 2.16. The van der Waals surface area contributed by atoms with Gasteiger partial charge in [0.15, 0.2) is 0 Å². The Kier molecular flexibility index (Phi) is 5.63. The van der Waals surface area contributed by atoms with Crippen LogP contribution in [0.4, 0.5) is 0 Å². The number of hydrogen-bond acceptors (Lipinski definition) is 1. The van der Waals surface area contributed by atoms with Gasteiger partial charge in [-0.1, -0.05) is 47.4 Å². The molecule has 1 unspecified atom stereocenters. The van der Waals surface area contributed by atoms with Crippen LogP contribution >= 0.6 is 27.5 Å². The molecule has 0 aliphatic rings. The van der Waals surface area contributed by atoms with Crippen LogP contribution in [0.2, 0.25) is 5.02 Å². The van der Waals surface area contributed by atoms with Crippen LogP contribution in [0.3, 0.4) is 0 Å². The van der Waals surface area contributed by atoms with E-state index in [1.807, 2.05) is 12.1 Å². The molecule has 1 nitrogen and oxygen atoms in total. The fraction of sp³-hybridized carbons (Fsp3) is 0.538. The maximum absolute atomic E-state index is 6.14. The van der Waals surface area contributed by atoms with Gasteiger partial charge in [-0.2, -0.15) is 0 Å². The van der Waals surface area contributed by atoms with E-state index in [0.717, 1.165) is 17.5 Å². The molecule has 1 atom stereocenters. The summed E-state index contributed by atoms with van der Waals surface area (Å²) >= 11 is 9.65. The van der Waals surface area contributed by atoms with E-state index in [9.17, 15) is 0 Å². The van der Waals surface area contributed by atoms with E-state index in [1.165, 1.54) is 5.56 Å². The molecule has 0 aliphatic heterocycles. The van der Waals surface area contributed by atoms with Crippen molar-refractivity contribution in [3.05, 3.63) is 28.8 Å². The van der Waals surface area contributed by atoms with Crippen LogP contribution in [0.15, 0.2) is 18.2 Å². The Balaban J connectivity index is 2.97. The lowest BCUT2D eigenvalue weighted by molar-refractivity contribution is 0.414. The lowest BCUT2D eigenvalue weighted by Gasteiger charge is -2.21. The Morgan fingerprint density at radius 2 is 2.06 bits per heavy atom. The second-order valence-corrected chi connectivity index (χ2v) is 5.42. The molecular weight excluding hydrogens is 287 g/mol. The standard InChI is InChI=1S/C13H18BrClO/c1-9(2)11(6-7-14)10-4-5-13(16-3)12(15)8-10/h4-5,8-9,11H,6-7H2,1-3H3. The van der Waals surface area contributed by atoms with Crippen LogP contribution in [0, 0.1) is 5.92 Å². The summed E-state index contributed by atoms with van der Waals surface area (Å²) in [5.74, 6) is 1.90. The lowest BCUT2D eigenvalue weighted by Crippen LogP contribution is -2.07. The summed E-state index contributed by atoms with van der Waals surface area (Å²) in [5, 5.41) is 1.71. The Labute approximate surface area is 111 Å². The van der Waals surface area contributed by atoms with Crippen molar-refractivity contribution in [2.75, 3.05) is 12.4 Å². The molecule has 0 saturated carbocycles. The number of ether oxygens (including phenoxy) is 1. The normalized spacial score (nSPS) is 12.9. The van der Waals surface area contributed by atoms with Crippen molar-refractivity contribution in [3.8, 4) is 5.75 Å². The molecule has 1 rings (SSSR count). The van der Waals surface area contributed by atoms with Gasteiger partial charge in [0.25, 0.3) is 0 Å². The molecule has 0 heterocycles. The minimum Gasteiger partial charge on any atom is -0.495 e. The quantitative estimate of drug-likeness (QED) is 0.705. The molecule has 0 N–H and O–H groups in total. The number of halogens is 2. The molecule has 0 aromatic heterocycles. The first-order chi connectivity index (χ1) is 7.60. The van der Waals surface area contributed by atoms with Crippen LogP contribution in [0.5, 0.6) is 5.75 Å². The Hall–Kier alpha value is -0.210. The van der Waals surface area contributed by atoms with Gasteiger partial charge >= 0.3 is 0 Å². The molecule has 0 aliphatic carbocycles. The fourth-order valence-corrected chi connectivity index (χ4v) is 2.68. The van der Waals surface area contributed by atoms with E-state index in [0.29, 0.717) is 16.9 Å². The van der Waals surface area contributed by atoms with Crippen molar-refractivity contribution >= 4 is 27.5 Å². The SMILES string of the molecule is COc1ccc(C(CCBr)C(C)C)cc1Cl. The van der Waals surface area contributed by atoms with Crippen LogP contribution in [0.1, 0.15) is 31.7 Å². The lowest BCUT2D eigenvalue weighted by atomic mass is 9.86. The number of benzene rings is 1. The minimum atomic E-state index is 0.544. The predicted octanol–water partition coefficient (Wildman–Crippen LogP) is 4.87. The summed E-state index contributed by atoms with van der Waals surface area (Å²) in [7, 11) is 1.64. The molecule has 0 amide bonds. The Morgan fingerprint density at radius 3 is 2.50 bits per heavy atom. The maximum atomic E-state index is 6.14. The fourth-order valence-electron chi connectivity index (χ4n) is 1.92. The number of rotatable bonds is 5. The average molecular weight is 306 g/mol. The number of hydrogen-bond donors (Lipinski definition) is 0. The summed E-state index contributed by atoms with van der Waals surface area (Å²) in [6, 6.07) is 6.08. The third-order valence-electron chi connectivity index (χ3n) is 2.83. The zero-order valence-corrected chi connectivity index (χ0v) is 12.3. The van der Waals surface area contributed by atoms with Gasteiger partial charge in [0.1, 0.15) is 5.75 Å². The summed E-state index contributed by atoms with van der Waals surface area (Å²) in [6.45, 7) is 4.48. The first-order valence-corrected chi connectivity index (χ1v) is 6.99. The molecule has 0 saturated heterocycles. The van der Waals surface area contributed by atoms with Crippen LogP contribution in [-0.2, 0) is 0 Å². The predicted molar refractivity (Wildman–Crippen MR) is 74.0 cm³/mol. The van der Waals surface area contributed by atoms with Gasteiger partial charge in [-0.15, -0.1) is 0 Å². The third-order valence-corrected chi connectivity index (χ3v) is 3.58. The van der Waals surface area contributed by atoms with E-state index in [1.54, 1.807) is 7.11 Å². The minimum absolute atomic E-state index is 0.544. The van der Waals surface area contributed by atoms with Crippen molar-refractivity contribution in [3.63, 3.8) is 0 Å². The molecule has 16 heavy (non-hydrogen) atoms. The van der Waals surface area contributed by atoms with Crippen molar-refractivity contribution in [1.82, 2.24) is 0 Å². The highest BCUT2D eigenvalue weighted by Crippen LogP contribution is 2.33. The molecule has 1 aromatic carbocycles. The van der Waals surface area contributed by atoms with Crippen LogP contribution in [-0.4, -0.2) is 12.4 Å². The van der Waals surface area contributed by atoms with Crippen molar-refractivity contribution in [2.24, 2.45) is 5.92 Å². The van der Waals surface area contributed by atoms with E-state index in [4.69, 9.17) is 16.3 Å². The Morgan fingerprint density at radius 1 is 1.38 bits per heavy atom. The number of methoxy groups -OCH3 is 1. The van der Waals surface area contributed by atoms with Gasteiger partial charge < -0.3 is 4.74 Å².